The van der Waals surface area contributed by atoms with Gasteiger partial charge in [-0.1, -0.05) is 18.2 Å². The van der Waals surface area contributed by atoms with Gasteiger partial charge in [0.15, 0.2) is 20.2 Å². The fourth-order valence-electron chi connectivity index (χ4n) is 4.35. The van der Waals surface area contributed by atoms with Crippen LogP contribution in [0.5, 0.6) is 11.5 Å². The lowest BCUT2D eigenvalue weighted by Gasteiger charge is -2.26. The maximum atomic E-state index is 13.5. The van der Waals surface area contributed by atoms with Crippen LogP contribution in [0.1, 0.15) is 68.8 Å². The molecule has 2 heterocycles. The normalized spacial score (nSPS) is 21.0. The molecular formula is C31H44N2O9. The molecule has 1 saturated heterocycles. The van der Waals surface area contributed by atoms with Crippen molar-refractivity contribution in [1.82, 2.24) is 10.4 Å². The van der Waals surface area contributed by atoms with Gasteiger partial charge in [0.05, 0.1) is 11.8 Å². The Bertz CT molecular complexity index is 1100. The number of hydrogen-bond donors (Lipinski definition) is 2. The molecule has 0 aromatic heterocycles. The van der Waals surface area contributed by atoms with Gasteiger partial charge in [-0.2, -0.15) is 0 Å². The first-order valence-corrected chi connectivity index (χ1v) is 14.6. The summed E-state index contributed by atoms with van der Waals surface area (Å²) in [6, 6.07) is 3.26. The minimum absolute atomic E-state index is 0.00232. The van der Waals surface area contributed by atoms with Gasteiger partial charge in [0, 0.05) is 38.8 Å². The van der Waals surface area contributed by atoms with E-state index in [0.717, 1.165) is 32.4 Å². The standard InChI is InChI=1S/C31H44N2O9/c1-4-37-21-39-27-18-24-17-25(32-41-20-29(35)33-15-7-6-8-16-33)12-10-14-26(34)13-9-11-23(3)42-31(36)30(24)28(19-27)40-22-38-5-2/h9-10,12-13,17-19,23,26,32,34H,4-8,11,14-16,20-22H2,1-3H3/b12-10?,13-9?,25-17-/t23-,26-/m1/s1. The average molecular weight is 589 g/mol. The topological polar surface area (TPSA) is 125 Å². The second-order valence-corrected chi connectivity index (χ2v) is 9.91. The highest BCUT2D eigenvalue weighted by atomic mass is 16.7. The van der Waals surface area contributed by atoms with Crippen LogP contribution < -0.4 is 15.0 Å². The summed E-state index contributed by atoms with van der Waals surface area (Å²) in [5.74, 6) is -0.102. The van der Waals surface area contributed by atoms with Gasteiger partial charge in [0.1, 0.15) is 23.2 Å². The Morgan fingerprint density at radius 3 is 2.52 bits per heavy atom. The number of benzene rings is 1. The van der Waals surface area contributed by atoms with E-state index in [1.165, 1.54) is 0 Å². The Morgan fingerprint density at radius 1 is 1.05 bits per heavy atom. The SMILES string of the molecule is CCOCOc1cc2c(c(OCOCC)c1)C(=O)O[C@H](C)CC=C[C@@H](O)CC=C/C(NOCC(=O)N1CCCCC1)=C/2. The van der Waals surface area contributed by atoms with E-state index < -0.39 is 18.2 Å². The third-order valence-electron chi connectivity index (χ3n) is 6.54. The third kappa shape index (κ3) is 11.1. The molecule has 2 atom stereocenters. The van der Waals surface area contributed by atoms with Gasteiger partial charge in [0.25, 0.3) is 5.91 Å². The van der Waals surface area contributed by atoms with Crippen LogP contribution in [0.2, 0.25) is 0 Å². The van der Waals surface area contributed by atoms with Crippen LogP contribution in [0.4, 0.5) is 0 Å². The fraction of sp³-hybridized carbons (Fsp3) is 0.548. The van der Waals surface area contributed by atoms with E-state index in [2.05, 4.69) is 5.48 Å². The summed E-state index contributed by atoms with van der Waals surface area (Å²) in [6.07, 6.45) is 11.3. The first kappa shape index (κ1) is 33.1. The van der Waals surface area contributed by atoms with E-state index in [0.29, 0.717) is 43.1 Å². The van der Waals surface area contributed by atoms with Crippen molar-refractivity contribution in [3.63, 3.8) is 0 Å². The van der Waals surface area contributed by atoms with Crippen molar-refractivity contribution in [3.05, 3.63) is 53.3 Å². The Balaban J connectivity index is 1.99. The van der Waals surface area contributed by atoms with Crippen LogP contribution in [0, 0.1) is 0 Å². The summed E-state index contributed by atoms with van der Waals surface area (Å²) in [5, 5.41) is 10.3. The van der Waals surface area contributed by atoms with Crippen molar-refractivity contribution in [1.29, 1.82) is 0 Å². The number of esters is 1. The number of carbonyl (C=O) groups is 2. The number of amides is 1. The first-order chi connectivity index (χ1) is 20.4. The van der Waals surface area contributed by atoms with E-state index in [-0.39, 0.29) is 37.4 Å². The van der Waals surface area contributed by atoms with E-state index >= 15 is 0 Å². The molecule has 1 amide bonds. The van der Waals surface area contributed by atoms with Gasteiger partial charge in [-0.05, 0) is 70.2 Å². The van der Waals surface area contributed by atoms with Gasteiger partial charge in [-0.3, -0.25) is 15.1 Å². The molecule has 2 aliphatic heterocycles. The van der Waals surface area contributed by atoms with Crippen molar-refractivity contribution in [2.45, 2.75) is 65.1 Å². The predicted molar refractivity (Wildman–Crippen MR) is 157 cm³/mol. The molecule has 1 aromatic rings. The van der Waals surface area contributed by atoms with Gasteiger partial charge >= 0.3 is 5.97 Å². The number of aliphatic hydroxyl groups excluding tert-OH is 1. The van der Waals surface area contributed by atoms with E-state index in [1.54, 1.807) is 54.3 Å². The van der Waals surface area contributed by atoms with Gasteiger partial charge < -0.3 is 33.7 Å². The Hall–Kier alpha value is -3.38. The van der Waals surface area contributed by atoms with Gasteiger partial charge in [-0.25, -0.2) is 4.79 Å². The van der Waals surface area contributed by atoms with Gasteiger partial charge in [-0.15, -0.1) is 0 Å². The molecular weight excluding hydrogens is 544 g/mol. The fourth-order valence-corrected chi connectivity index (χ4v) is 4.35. The van der Waals surface area contributed by atoms with Crippen LogP contribution in [0.15, 0.2) is 42.1 Å². The molecule has 0 saturated carbocycles. The second kappa shape index (κ2) is 18.2. The average Bonchev–Trinajstić information content (AvgIpc) is 2.97. The number of ether oxygens (including phenoxy) is 5. The molecule has 232 valence electrons. The molecule has 0 spiro atoms. The molecule has 0 unspecified atom stereocenters. The lowest BCUT2D eigenvalue weighted by atomic mass is 10.0. The zero-order valence-electron chi connectivity index (χ0n) is 24.8. The molecule has 2 aliphatic rings. The maximum Gasteiger partial charge on any atom is 0.342 e. The number of nitrogens with zero attached hydrogens (tertiary/aromatic N) is 1. The number of likely N-dealkylation sites (tertiary alicyclic amines) is 1. The smallest absolute Gasteiger partial charge is 0.342 e. The van der Waals surface area contributed by atoms with Crippen LogP contribution in [-0.2, 0) is 23.8 Å². The highest BCUT2D eigenvalue weighted by Crippen LogP contribution is 2.32. The molecule has 11 heteroatoms. The summed E-state index contributed by atoms with van der Waals surface area (Å²) >= 11 is 0. The quantitative estimate of drug-likeness (QED) is 0.121. The highest BCUT2D eigenvalue weighted by molar-refractivity contribution is 5.97. The third-order valence-corrected chi connectivity index (χ3v) is 6.54. The number of cyclic esters (lactones) is 1. The van der Waals surface area contributed by atoms with E-state index in [1.807, 2.05) is 13.8 Å². The maximum absolute atomic E-state index is 13.5. The minimum Gasteiger partial charge on any atom is -0.467 e. The Labute approximate surface area is 248 Å². The number of hydroxylamine groups is 1. The predicted octanol–water partition coefficient (Wildman–Crippen LogP) is 4.12. The van der Waals surface area contributed by atoms with Crippen molar-refractivity contribution in [2.75, 3.05) is 46.5 Å². The molecule has 1 fully saturated rings. The number of rotatable bonds is 12. The monoisotopic (exact) mass is 588 g/mol. The lowest BCUT2D eigenvalue weighted by Crippen LogP contribution is -2.39. The number of piperidine rings is 1. The molecule has 2 N–H and O–H groups in total. The summed E-state index contributed by atoms with van der Waals surface area (Å²) < 4.78 is 28.1. The zero-order valence-corrected chi connectivity index (χ0v) is 24.8. The summed E-state index contributed by atoms with van der Waals surface area (Å²) in [4.78, 5) is 33.6. The van der Waals surface area contributed by atoms with E-state index in [4.69, 9.17) is 28.5 Å². The largest absolute Gasteiger partial charge is 0.467 e. The number of allylic oxidation sites excluding steroid dienone is 1. The molecule has 11 nitrogen and oxygen atoms in total. The van der Waals surface area contributed by atoms with Crippen molar-refractivity contribution < 1.29 is 43.2 Å². The van der Waals surface area contributed by atoms with Crippen LogP contribution >= 0.6 is 0 Å². The van der Waals surface area contributed by atoms with Gasteiger partial charge in [0.2, 0.25) is 0 Å². The minimum atomic E-state index is -0.723. The number of aliphatic hydroxyl groups is 1. The lowest BCUT2D eigenvalue weighted by molar-refractivity contribution is -0.139. The Morgan fingerprint density at radius 2 is 1.79 bits per heavy atom. The van der Waals surface area contributed by atoms with E-state index in [9.17, 15) is 14.7 Å². The number of fused-ring (bicyclic) bond motifs is 1. The van der Waals surface area contributed by atoms with Crippen molar-refractivity contribution in [2.24, 2.45) is 0 Å². The molecule has 0 radical (unpaired) electrons. The number of hydrogen-bond acceptors (Lipinski definition) is 10. The summed E-state index contributed by atoms with van der Waals surface area (Å²) in [6.45, 7) is 7.56. The summed E-state index contributed by atoms with van der Waals surface area (Å²) in [5.41, 5.74) is 3.85. The zero-order chi connectivity index (χ0) is 30.2. The number of nitrogens with one attached hydrogen (secondary N) is 1. The second-order valence-electron chi connectivity index (χ2n) is 9.91. The molecule has 42 heavy (non-hydrogen) atoms. The first-order valence-electron chi connectivity index (χ1n) is 14.6. The summed E-state index contributed by atoms with van der Waals surface area (Å²) in [7, 11) is 0. The highest BCUT2D eigenvalue weighted by Gasteiger charge is 2.23. The molecule has 3 rings (SSSR count). The van der Waals surface area contributed by atoms with Crippen molar-refractivity contribution >= 4 is 18.0 Å². The van der Waals surface area contributed by atoms with Crippen LogP contribution in [0.25, 0.3) is 6.08 Å². The molecule has 1 aromatic carbocycles. The Kier molecular flexibility index (Phi) is 14.4. The molecule has 0 aliphatic carbocycles. The number of carbonyl (C=O) groups excluding carboxylic acids is 2. The van der Waals surface area contributed by atoms with Crippen LogP contribution in [0.3, 0.4) is 0 Å². The van der Waals surface area contributed by atoms with Crippen molar-refractivity contribution in [3.8, 4) is 11.5 Å². The molecule has 0 bridgehead atoms. The van der Waals surface area contributed by atoms with Crippen LogP contribution in [-0.4, -0.2) is 80.6 Å².